The monoisotopic (exact) mass is 271 g/mol. The molecule has 0 aliphatic heterocycles. The predicted molar refractivity (Wildman–Crippen MR) is 69.8 cm³/mol. The molecule has 0 aliphatic carbocycles. The van der Waals surface area contributed by atoms with Gasteiger partial charge in [-0.25, -0.2) is 4.79 Å². The largest absolute Gasteiger partial charge is 0.475 e. The van der Waals surface area contributed by atoms with Gasteiger partial charge in [-0.05, 0) is 19.9 Å². The van der Waals surface area contributed by atoms with E-state index in [0.717, 1.165) is 0 Å². The number of furan rings is 1. The Bertz CT molecular complexity index is 412. The van der Waals surface area contributed by atoms with Crippen LogP contribution in [-0.4, -0.2) is 40.7 Å². The van der Waals surface area contributed by atoms with E-state index in [-0.39, 0.29) is 11.7 Å². The fraction of sp³-hybridized carbons (Fsp3) is 0.500. The molecule has 0 aromatic carbocycles. The number of aromatic carboxylic acids is 1. The number of carboxylic acids is 1. The molecule has 0 saturated carbocycles. The number of carboxylic acid groups (broad SMARTS) is 1. The van der Waals surface area contributed by atoms with E-state index in [9.17, 15) is 9.59 Å². The standard InChI is InChI=1S/C12H17NO4S/c1-3-13(4-2)10(14)8-18-7-9-5-6-17-11(9)12(15)16/h5-6H,3-4,7-8H2,1-2H3,(H,15,16). The van der Waals surface area contributed by atoms with Gasteiger partial charge in [0, 0.05) is 24.4 Å². The summed E-state index contributed by atoms with van der Waals surface area (Å²) in [4.78, 5) is 24.3. The highest BCUT2D eigenvalue weighted by atomic mass is 32.2. The van der Waals surface area contributed by atoms with Crippen LogP contribution >= 0.6 is 11.8 Å². The van der Waals surface area contributed by atoms with Crippen LogP contribution in [0.5, 0.6) is 0 Å². The zero-order valence-corrected chi connectivity index (χ0v) is 11.3. The van der Waals surface area contributed by atoms with E-state index < -0.39 is 5.97 Å². The van der Waals surface area contributed by atoms with Crippen molar-refractivity contribution in [2.24, 2.45) is 0 Å². The van der Waals surface area contributed by atoms with E-state index in [4.69, 9.17) is 9.52 Å². The number of amides is 1. The molecule has 5 nitrogen and oxygen atoms in total. The van der Waals surface area contributed by atoms with Gasteiger partial charge in [0.25, 0.3) is 0 Å². The van der Waals surface area contributed by atoms with Gasteiger partial charge in [0.2, 0.25) is 11.7 Å². The minimum absolute atomic E-state index is 0.0437. The average molecular weight is 271 g/mol. The Hall–Kier alpha value is -1.43. The van der Waals surface area contributed by atoms with Crippen molar-refractivity contribution < 1.29 is 19.1 Å². The second kappa shape index (κ2) is 7.10. The normalized spacial score (nSPS) is 10.3. The highest BCUT2D eigenvalue weighted by Crippen LogP contribution is 2.18. The van der Waals surface area contributed by atoms with E-state index in [1.165, 1.54) is 18.0 Å². The van der Waals surface area contributed by atoms with Gasteiger partial charge in [-0.15, -0.1) is 11.8 Å². The SMILES string of the molecule is CCN(CC)C(=O)CSCc1ccoc1C(=O)O. The molecule has 1 aromatic rings. The van der Waals surface area contributed by atoms with E-state index in [1.54, 1.807) is 11.0 Å². The van der Waals surface area contributed by atoms with Crippen molar-refractivity contribution in [1.82, 2.24) is 4.90 Å². The summed E-state index contributed by atoms with van der Waals surface area (Å²) in [5, 5.41) is 8.85. The second-order valence-corrected chi connectivity index (χ2v) is 4.62. The molecule has 0 bridgehead atoms. The first kappa shape index (κ1) is 14.6. The Kier molecular flexibility index (Phi) is 5.77. The smallest absolute Gasteiger partial charge is 0.372 e. The Morgan fingerprint density at radius 1 is 1.39 bits per heavy atom. The number of hydrogen-bond donors (Lipinski definition) is 1. The zero-order chi connectivity index (χ0) is 13.5. The maximum absolute atomic E-state index is 11.7. The zero-order valence-electron chi connectivity index (χ0n) is 10.5. The highest BCUT2D eigenvalue weighted by Gasteiger charge is 2.15. The summed E-state index contributed by atoms with van der Waals surface area (Å²) in [6.07, 6.45) is 1.35. The summed E-state index contributed by atoms with van der Waals surface area (Å²) in [6, 6.07) is 1.62. The van der Waals surface area contributed by atoms with Crippen LogP contribution in [0.2, 0.25) is 0 Å². The van der Waals surface area contributed by atoms with Gasteiger partial charge in [0.05, 0.1) is 12.0 Å². The molecule has 1 aromatic heterocycles. The van der Waals surface area contributed by atoms with E-state index in [1.807, 2.05) is 13.8 Å². The van der Waals surface area contributed by atoms with Crippen LogP contribution in [0.1, 0.15) is 30.0 Å². The number of thioether (sulfide) groups is 1. The lowest BCUT2D eigenvalue weighted by atomic mass is 10.3. The Morgan fingerprint density at radius 2 is 2.06 bits per heavy atom. The van der Waals surface area contributed by atoms with Crippen molar-refractivity contribution in [3.05, 3.63) is 23.7 Å². The second-order valence-electron chi connectivity index (χ2n) is 3.64. The minimum Gasteiger partial charge on any atom is -0.475 e. The molecule has 0 radical (unpaired) electrons. The number of nitrogens with zero attached hydrogens (tertiary/aromatic N) is 1. The summed E-state index contributed by atoms with van der Waals surface area (Å²) in [5.74, 6) is -0.231. The first-order valence-corrected chi connectivity index (χ1v) is 6.90. The molecule has 0 aliphatic rings. The maximum atomic E-state index is 11.7. The van der Waals surface area contributed by atoms with Gasteiger partial charge in [-0.1, -0.05) is 0 Å². The van der Waals surface area contributed by atoms with E-state index in [2.05, 4.69) is 0 Å². The van der Waals surface area contributed by atoms with E-state index in [0.29, 0.717) is 30.2 Å². The van der Waals surface area contributed by atoms with Crippen LogP contribution in [0.25, 0.3) is 0 Å². The summed E-state index contributed by atoms with van der Waals surface area (Å²) in [6.45, 7) is 5.26. The molecule has 1 N–H and O–H groups in total. The lowest BCUT2D eigenvalue weighted by Crippen LogP contribution is -2.31. The first-order chi connectivity index (χ1) is 8.60. The number of carbonyl (C=O) groups excluding carboxylic acids is 1. The van der Waals surface area contributed by atoms with Gasteiger partial charge in [0.1, 0.15) is 0 Å². The number of carbonyl (C=O) groups is 2. The van der Waals surface area contributed by atoms with Gasteiger partial charge < -0.3 is 14.4 Å². The number of hydrogen-bond acceptors (Lipinski definition) is 4. The third-order valence-electron chi connectivity index (χ3n) is 2.54. The summed E-state index contributed by atoms with van der Waals surface area (Å²) in [5.41, 5.74) is 0.611. The molecule has 0 saturated heterocycles. The quantitative estimate of drug-likeness (QED) is 0.822. The van der Waals surface area contributed by atoms with Crippen LogP contribution in [0.15, 0.2) is 16.7 Å². The molecule has 0 atom stereocenters. The average Bonchev–Trinajstić information content (AvgIpc) is 2.79. The summed E-state index contributed by atoms with van der Waals surface area (Å²) < 4.78 is 4.87. The third-order valence-corrected chi connectivity index (χ3v) is 3.51. The molecule has 100 valence electrons. The molecular weight excluding hydrogens is 254 g/mol. The number of rotatable bonds is 7. The van der Waals surface area contributed by atoms with Crippen molar-refractivity contribution in [3.63, 3.8) is 0 Å². The third kappa shape index (κ3) is 3.80. The summed E-state index contributed by atoms with van der Waals surface area (Å²) >= 11 is 1.40. The van der Waals surface area contributed by atoms with Crippen LogP contribution in [0, 0.1) is 0 Å². The van der Waals surface area contributed by atoms with Gasteiger partial charge in [-0.3, -0.25) is 4.79 Å². The fourth-order valence-corrected chi connectivity index (χ4v) is 2.46. The van der Waals surface area contributed by atoms with Gasteiger partial charge >= 0.3 is 5.97 Å². The van der Waals surface area contributed by atoms with Crippen LogP contribution in [0.4, 0.5) is 0 Å². The molecule has 0 spiro atoms. The minimum atomic E-state index is -1.08. The van der Waals surface area contributed by atoms with Gasteiger partial charge in [0.15, 0.2) is 0 Å². The van der Waals surface area contributed by atoms with Crippen LogP contribution < -0.4 is 0 Å². The molecule has 1 rings (SSSR count). The molecule has 1 amide bonds. The van der Waals surface area contributed by atoms with Crippen molar-refractivity contribution in [1.29, 1.82) is 0 Å². The molecule has 6 heteroatoms. The fourth-order valence-electron chi connectivity index (χ4n) is 1.55. The van der Waals surface area contributed by atoms with Crippen molar-refractivity contribution in [3.8, 4) is 0 Å². The Morgan fingerprint density at radius 3 is 2.61 bits per heavy atom. The lowest BCUT2D eigenvalue weighted by molar-refractivity contribution is -0.127. The molecule has 0 fully saturated rings. The predicted octanol–water partition coefficient (Wildman–Crippen LogP) is 2.08. The first-order valence-electron chi connectivity index (χ1n) is 5.75. The topological polar surface area (TPSA) is 70.8 Å². The van der Waals surface area contributed by atoms with Crippen molar-refractivity contribution >= 4 is 23.6 Å². The maximum Gasteiger partial charge on any atom is 0.372 e. The molecule has 0 unspecified atom stereocenters. The van der Waals surface area contributed by atoms with Crippen LogP contribution in [-0.2, 0) is 10.5 Å². The molecule has 18 heavy (non-hydrogen) atoms. The van der Waals surface area contributed by atoms with Crippen molar-refractivity contribution in [2.75, 3.05) is 18.8 Å². The lowest BCUT2D eigenvalue weighted by Gasteiger charge is -2.18. The van der Waals surface area contributed by atoms with Crippen LogP contribution in [0.3, 0.4) is 0 Å². The Labute approximate surface area is 110 Å². The Balaban J connectivity index is 2.44. The molecular formula is C12H17NO4S. The summed E-state index contributed by atoms with van der Waals surface area (Å²) in [7, 11) is 0. The van der Waals surface area contributed by atoms with Crippen molar-refractivity contribution in [2.45, 2.75) is 19.6 Å². The van der Waals surface area contributed by atoms with Gasteiger partial charge in [-0.2, -0.15) is 0 Å². The van der Waals surface area contributed by atoms with E-state index >= 15 is 0 Å². The highest BCUT2D eigenvalue weighted by molar-refractivity contribution is 7.99. The molecule has 1 heterocycles.